The van der Waals surface area contributed by atoms with E-state index < -0.39 is 0 Å². The molecule has 1 aromatic heterocycles. The molecular formula is C11H16BrNO. The van der Waals surface area contributed by atoms with Crippen LogP contribution < -0.4 is 4.74 Å². The van der Waals surface area contributed by atoms with E-state index in [2.05, 4.69) is 34.8 Å². The second kappa shape index (κ2) is 6.02. The van der Waals surface area contributed by atoms with E-state index in [0.29, 0.717) is 5.88 Å². The van der Waals surface area contributed by atoms with Crippen molar-refractivity contribution in [1.29, 1.82) is 0 Å². The van der Waals surface area contributed by atoms with Gasteiger partial charge in [-0.2, -0.15) is 0 Å². The van der Waals surface area contributed by atoms with E-state index in [0.717, 1.165) is 23.5 Å². The van der Waals surface area contributed by atoms with E-state index in [1.807, 2.05) is 18.2 Å². The number of nitrogens with zero attached hydrogens (tertiary/aromatic N) is 1. The molecule has 0 aliphatic carbocycles. The topological polar surface area (TPSA) is 22.1 Å². The van der Waals surface area contributed by atoms with Gasteiger partial charge in [-0.25, -0.2) is 4.98 Å². The molecule has 0 radical (unpaired) electrons. The molecule has 1 heterocycles. The Morgan fingerprint density at radius 3 is 2.86 bits per heavy atom. The normalized spacial score (nSPS) is 10.6. The summed E-state index contributed by atoms with van der Waals surface area (Å²) in [5.74, 6) is 1.44. The Kier molecular flexibility index (Phi) is 4.94. The van der Waals surface area contributed by atoms with Gasteiger partial charge in [-0.15, -0.1) is 0 Å². The Hall–Kier alpha value is -0.570. The van der Waals surface area contributed by atoms with Crippen LogP contribution >= 0.6 is 15.9 Å². The molecule has 0 aromatic carbocycles. The molecule has 0 fully saturated rings. The third-order valence-electron chi connectivity index (χ3n) is 1.87. The summed E-state index contributed by atoms with van der Waals surface area (Å²) in [5.41, 5.74) is 0. The quantitative estimate of drug-likeness (QED) is 0.594. The maximum atomic E-state index is 5.50. The number of hydrogen-bond acceptors (Lipinski definition) is 2. The number of ether oxygens (including phenoxy) is 1. The van der Waals surface area contributed by atoms with Crippen LogP contribution in [0.1, 0.15) is 26.7 Å². The lowest BCUT2D eigenvalue weighted by Crippen LogP contribution is -2.00. The average Bonchev–Trinajstić information content (AvgIpc) is 2.12. The summed E-state index contributed by atoms with van der Waals surface area (Å²) >= 11 is 3.30. The van der Waals surface area contributed by atoms with Gasteiger partial charge in [0, 0.05) is 6.07 Å². The molecule has 78 valence electrons. The fourth-order valence-electron chi connectivity index (χ4n) is 1.14. The first-order valence-corrected chi connectivity index (χ1v) is 5.73. The monoisotopic (exact) mass is 257 g/mol. The number of halogens is 1. The molecule has 0 saturated heterocycles. The molecule has 0 bridgehead atoms. The van der Waals surface area contributed by atoms with Gasteiger partial charge in [0.05, 0.1) is 6.61 Å². The first kappa shape index (κ1) is 11.5. The highest BCUT2D eigenvalue weighted by atomic mass is 79.9. The molecule has 2 nitrogen and oxygen atoms in total. The molecular weight excluding hydrogens is 242 g/mol. The van der Waals surface area contributed by atoms with Crippen molar-refractivity contribution < 1.29 is 4.74 Å². The van der Waals surface area contributed by atoms with Gasteiger partial charge >= 0.3 is 0 Å². The maximum absolute atomic E-state index is 5.50. The standard InChI is InChI=1S/C11H16BrNO/c1-9(2)5-4-8-14-11-7-3-6-10(12)13-11/h3,6-7,9H,4-5,8H2,1-2H3. The average molecular weight is 258 g/mol. The number of hydrogen-bond donors (Lipinski definition) is 0. The highest BCUT2D eigenvalue weighted by Crippen LogP contribution is 2.12. The molecule has 0 spiro atoms. The van der Waals surface area contributed by atoms with Crippen molar-refractivity contribution >= 4 is 15.9 Å². The summed E-state index contributed by atoms with van der Waals surface area (Å²) < 4.78 is 6.31. The van der Waals surface area contributed by atoms with Crippen molar-refractivity contribution in [2.75, 3.05) is 6.61 Å². The van der Waals surface area contributed by atoms with Gasteiger partial charge in [0.25, 0.3) is 0 Å². The Balaban J connectivity index is 2.25. The second-order valence-electron chi connectivity index (χ2n) is 3.68. The molecule has 0 aliphatic rings. The zero-order valence-corrected chi connectivity index (χ0v) is 10.3. The third-order valence-corrected chi connectivity index (χ3v) is 2.31. The maximum Gasteiger partial charge on any atom is 0.214 e. The number of rotatable bonds is 5. The van der Waals surface area contributed by atoms with Gasteiger partial charge in [-0.05, 0) is 40.8 Å². The first-order valence-electron chi connectivity index (χ1n) is 4.94. The summed E-state index contributed by atoms with van der Waals surface area (Å²) in [4.78, 5) is 4.18. The fourth-order valence-corrected chi connectivity index (χ4v) is 1.47. The van der Waals surface area contributed by atoms with Gasteiger partial charge in [0.2, 0.25) is 5.88 Å². The van der Waals surface area contributed by atoms with E-state index in [9.17, 15) is 0 Å². The molecule has 0 saturated carbocycles. The largest absolute Gasteiger partial charge is 0.478 e. The van der Waals surface area contributed by atoms with E-state index >= 15 is 0 Å². The molecule has 0 atom stereocenters. The van der Waals surface area contributed by atoms with E-state index in [1.54, 1.807) is 0 Å². The Morgan fingerprint density at radius 1 is 1.43 bits per heavy atom. The van der Waals surface area contributed by atoms with Crippen LogP contribution in [0, 0.1) is 5.92 Å². The minimum Gasteiger partial charge on any atom is -0.478 e. The van der Waals surface area contributed by atoms with Crippen molar-refractivity contribution in [1.82, 2.24) is 4.98 Å². The smallest absolute Gasteiger partial charge is 0.214 e. The summed E-state index contributed by atoms with van der Waals surface area (Å²) in [7, 11) is 0. The van der Waals surface area contributed by atoms with Crippen LogP contribution in [0.3, 0.4) is 0 Å². The summed E-state index contributed by atoms with van der Waals surface area (Å²) in [6.45, 7) is 5.19. The zero-order valence-electron chi connectivity index (χ0n) is 8.66. The zero-order chi connectivity index (χ0) is 10.4. The van der Waals surface area contributed by atoms with Gasteiger partial charge in [0.1, 0.15) is 4.60 Å². The molecule has 0 unspecified atom stereocenters. The van der Waals surface area contributed by atoms with Crippen molar-refractivity contribution in [3.63, 3.8) is 0 Å². The van der Waals surface area contributed by atoms with Crippen LogP contribution in [0.25, 0.3) is 0 Å². The number of pyridine rings is 1. The minimum absolute atomic E-state index is 0.697. The minimum atomic E-state index is 0.697. The van der Waals surface area contributed by atoms with Crippen LogP contribution in [0.5, 0.6) is 5.88 Å². The van der Waals surface area contributed by atoms with Crippen LogP contribution in [0.2, 0.25) is 0 Å². The van der Waals surface area contributed by atoms with Crippen LogP contribution in [-0.4, -0.2) is 11.6 Å². The SMILES string of the molecule is CC(C)CCCOc1cccc(Br)n1. The third kappa shape index (κ3) is 4.61. The van der Waals surface area contributed by atoms with Crippen molar-refractivity contribution in [2.45, 2.75) is 26.7 Å². The number of aromatic nitrogens is 1. The van der Waals surface area contributed by atoms with Gasteiger partial charge < -0.3 is 4.74 Å². The van der Waals surface area contributed by atoms with Crippen molar-refractivity contribution in [3.05, 3.63) is 22.8 Å². The molecule has 1 rings (SSSR count). The predicted octanol–water partition coefficient (Wildman–Crippen LogP) is 3.66. The van der Waals surface area contributed by atoms with Crippen LogP contribution in [-0.2, 0) is 0 Å². The fraction of sp³-hybridized carbons (Fsp3) is 0.545. The van der Waals surface area contributed by atoms with Crippen LogP contribution in [0.15, 0.2) is 22.8 Å². The molecule has 3 heteroatoms. The second-order valence-corrected chi connectivity index (χ2v) is 4.50. The van der Waals surface area contributed by atoms with Gasteiger partial charge in [0.15, 0.2) is 0 Å². The highest BCUT2D eigenvalue weighted by molar-refractivity contribution is 9.10. The lowest BCUT2D eigenvalue weighted by atomic mass is 10.1. The van der Waals surface area contributed by atoms with E-state index in [4.69, 9.17) is 4.74 Å². The van der Waals surface area contributed by atoms with Crippen molar-refractivity contribution in [2.24, 2.45) is 5.92 Å². The highest BCUT2D eigenvalue weighted by Gasteiger charge is 1.97. The molecule has 0 aliphatic heterocycles. The Morgan fingerprint density at radius 2 is 2.21 bits per heavy atom. The Labute approximate surface area is 93.8 Å². The van der Waals surface area contributed by atoms with Crippen LogP contribution in [0.4, 0.5) is 0 Å². The van der Waals surface area contributed by atoms with Gasteiger partial charge in [-0.3, -0.25) is 0 Å². The summed E-state index contributed by atoms with van der Waals surface area (Å²) in [6, 6.07) is 5.69. The summed E-state index contributed by atoms with van der Waals surface area (Å²) in [5, 5.41) is 0. The predicted molar refractivity (Wildman–Crippen MR) is 61.5 cm³/mol. The lowest BCUT2D eigenvalue weighted by Gasteiger charge is -2.06. The van der Waals surface area contributed by atoms with E-state index in [-0.39, 0.29) is 0 Å². The molecule has 14 heavy (non-hydrogen) atoms. The molecule has 1 aromatic rings. The van der Waals surface area contributed by atoms with Gasteiger partial charge in [-0.1, -0.05) is 19.9 Å². The van der Waals surface area contributed by atoms with E-state index in [1.165, 1.54) is 6.42 Å². The molecule has 0 N–H and O–H groups in total. The van der Waals surface area contributed by atoms with Crippen molar-refractivity contribution in [3.8, 4) is 5.88 Å². The summed E-state index contributed by atoms with van der Waals surface area (Å²) in [6.07, 6.45) is 2.29. The lowest BCUT2D eigenvalue weighted by molar-refractivity contribution is 0.287. The molecule has 0 amide bonds. The first-order chi connectivity index (χ1) is 6.68. The Bertz CT molecular complexity index is 276.